The molecule has 1 amide bonds. The van der Waals surface area contributed by atoms with Crippen molar-refractivity contribution < 1.29 is 19.1 Å². The summed E-state index contributed by atoms with van der Waals surface area (Å²) in [6, 6.07) is 2.70. The fourth-order valence-electron chi connectivity index (χ4n) is 2.96. The van der Waals surface area contributed by atoms with Crippen LogP contribution in [-0.2, 0) is 4.79 Å². The molecule has 3 N–H and O–H groups in total. The predicted octanol–water partition coefficient (Wildman–Crippen LogP) is 0.0495. The zero-order valence-corrected chi connectivity index (χ0v) is 12.4. The van der Waals surface area contributed by atoms with Crippen LogP contribution in [0.5, 0.6) is 11.5 Å². The van der Waals surface area contributed by atoms with Crippen molar-refractivity contribution in [1.29, 1.82) is 0 Å². The van der Waals surface area contributed by atoms with Gasteiger partial charge in [-0.1, -0.05) is 0 Å². The number of piperazine rings is 1. The van der Waals surface area contributed by atoms with Crippen LogP contribution in [-0.4, -0.2) is 49.6 Å². The molecule has 118 valence electrons. The number of amides is 1. The molecule has 2 aliphatic rings. The van der Waals surface area contributed by atoms with E-state index in [1.165, 1.54) is 6.92 Å². The SMILES string of the molecule is CC(=O)c1cc2c(cc1C(C(N)=O)N1CCNCC1)OCO2. The standard InChI is InChI=1S/C15H19N3O4/c1-9(19)10-6-12-13(22-8-21-12)7-11(10)14(15(16)20)18-4-2-17-3-5-18/h6-7,14,17H,2-5,8H2,1H3,(H2,16,20). The van der Waals surface area contributed by atoms with Crippen molar-refractivity contribution in [3.8, 4) is 11.5 Å². The number of primary amides is 1. The van der Waals surface area contributed by atoms with E-state index in [4.69, 9.17) is 15.2 Å². The Hall–Kier alpha value is -2.12. The van der Waals surface area contributed by atoms with Crippen LogP contribution in [0.4, 0.5) is 0 Å². The first-order chi connectivity index (χ1) is 10.6. The maximum atomic E-state index is 12.1. The summed E-state index contributed by atoms with van der Waals surface area (Å²) in [5.74, 6) is 0.469. The van der Waals surface area contributed by atoms with Gasteiger partial charge in [0.25, 0.3) is 0 Å². The summed E-state index contributed by atoms with van der Waals surface area (Å²) in [7, 11) is 0. The Balaban J connectivity index is 2.06. The van der Waals surface area contributed by atoms with Gasteiger partial charge in [-0.2, -0.15) is 0 Å². The highest BCUT2D eigenvalue weighted by Gasteiger charge is 2.32. The van der Waals surface area contributed by atoms with Crippen LogP contribution in [0.1, 0.15) is 28.9 Å². The van der Waals surface area contributed by atoms with E-state index in [2.05, 4.69) is 5.32 Å². The maximum absolute atomic E-state index is 12.1. The number of nitrogens with zero attached hydrogens (tertiary/aromatic N) is 1. The highest BCUT2D eigenvalue weighted by atomic mass is 16.7. The van der Waals surface area contributed by atoms with E-state index in [0.29, 0.717) is 35.7 Å². The Labute approximate surface area is 128 Å². The predicted molar refractivity (Wildman–Crippen MR) is 78.9 cm³/mol. The largest absolute Gasteiger partial charge is 0.454 e. The number of Topliss-reactive ketones (excluding diaryl/α,β-unsaturated/α-hetero) is 1. The lowest BCUT2D eigenvalue weighted by atomic mass is 9.95. The van der Waals surface area contributed by atoms with Crippen LogP contribution in [0.25, 0.3) is 0 Å². The highest BCUT2D eigenvalue weighted by molar-refractivity contribution is 5.98. The van der Waals surface area contributed by atoms with Gasteiger partial charge in [0.05, 0.1) is 0 Å². The van der Waals surface area contributed by atoms with Gasteiger partial charge in [-0.15, -0.1) is 0 Å². The lowest BCUT2D eigenvalue weighted by Crippen LogP contribution is -2.48. The molecule has 0 radical (unpaired) electrons. The molecule has 1 atom stereocenters. The molecule has 0 bridgehead atoms. The molecule has 1 unspecified atom stereocenters. The van der Waals surface area contributed by atoms with Gasteiger partial charge in [0.1, 0.15) is 6.04 Å². The number of nitrogens with one attached hydrogen (secondary N) is 1. The van der Waals surface area contributed by atoms with E-state index in [1.54, 1.807) is 12.1 Å². The summed E-state index contributed by atoms with van der Waals surface area (Å²) in [5, 5.41) is 3.23. The number of fused-ring (bicyclic) bond motifs is 1. The number of ketones is 1. The van der Waals surface area contributed by atoms with Gasteiger partial charge in [0.2, 0.25) is 12.7 Å². The zero-order chi connectivity index (χ0) is 15.7. The Morgan fingerprint density at radius 2 is 1.86 bits per heavy atom. The van der Waals surface area contributed by atoms with Gasteiger partial charge in [-0.05, 0) is 24.6 Å². The van der Waals surface area contributed by atoms with Gasteiger partial charge in [-0.25, -0.2) is 0 Å². The topological polar surface area (TPSA) is 93.9 Å². The maximum Gasteiger partial charge on any atom is 0.239 e. The molecule has 22 heavy (non-hydrogen) atoms. The van der Waals surface area contributed by atoms with Crippen molar-refractivity contribution in [2.24, 2.45) is 5.73 Å². The molecule has 1 fully saturated rings. The minimum absolute atomic E-state index is 0.116. The first-order valence-corrected chi connectivity index (χ1v) is 7.26. The number of carbonyl (C=O) groups is 2. The number of rotatable bonds is 4. The Morgan fingerprint density at radius 3 is 2.45 bits per heavy atom. The molecule has 7 nitrogen and oxygen atoms in total. The molecule has 3 rings (SSSR count). The lowest BCUT2D eigenvalue weighted by Gasteiger charge is -2.34. The fraction of sp³-hybridized carbons (Fsp3) is 0.467. The zero-order valence-electron chi connectivity index (χ0n) is 12.4. The molecule has 2 aliphatic heterocycles. The van der Waals surface area contributed by atoms with E-state index in [-0.39, 0.29) is 12.6 Å². The van der Waals surface area contributed by atoms with Crippen molar-refractivity contribution in [2.75, 3.05) is 33.0 Å². The summed E-state index contributed by atoms with van der Waals surface area (Å²) < 4.78 is 10.7. The van der Waals surface area contributed by atoms with Crippen molar-refractivity contribution in [3.63, 3.8) is 0 Å². The van der Waals surface area contributed by atoms with E-state index < -0.39 is 11.9 Å². The second-order valence-corrected chi connectivity index (χ2v) is 5.44. The lowest BCUT2D eigenvalue weighted by molar-refractivity contribution is -0.123. The summed E-state index contributed by atoms with van der Waals surface area (Å²) >= 11 is 0. The molecule has 2 heterocycles. The Kier molecular flexibility index (Phi) is 4.00. The first kappa shape index (κ1) is 14.8. The van der Waals surface area contributed by atoms with E-state index in [0.717, 1.165) is 13.1 Å². The average molecular weight is 305 g/mol. The monoisotopic (exact) mass is 305 g/mol. The molecule has 0 aromatic heterocycles. The molecule has 0 aliphatic carbocycles. The van der Waals surface area contributed by atoms with Gasteiger partial charge >= 0.3 is 0 Å². The van der Waals surface area contributed by atoms with Crippen LogP contribution >= 0.6 is 0 Å². The summed E-state index contributed by atoms with van der Waals surface area (Å²) in [4.78, 5) is 26.0. The minimum Gasteiger partial charge on any atom is -0.454 e. The normalized spacial score (nSPS) is 19.0. The minimum atomic E-state index is -0.643. The first-order valence-electron chi connectivity index (χ1n) is 7.26. The molecule has 1 aromatic carbocycles. The summed E-state index contributed by atoms with van der Waals surface area (Å²) in [5.41, 5.74) is 6.67. The van der Waals surface area contributed by atoms with E-state index in [1.807, 2.05) is 4.90 Å². The third-order valence-corrected chi connectivity index (χ3v) is 4.00. The smallest absolute Gasteiger partial charge is 0.239 e. The molecular formula is C15H19N3O4. The fourth-order valence-corrected chi connectivity index (χ4v) is 2.96. The third kappa shape index (κ3) is 2.65. The number of nitrogens with two attached hydrogens (primary N) is 1. The van der Waals surface area contributed by atoms with Gasteiger partial charge in [-0.3, -0.25) is 14.5 Å². The van der Waals surface area contributed by atoms with Gasteiger partial charge < -0.3 is 20.5 Å². The second-order valence-electron chi connectivity index (χ2n) is 5.44. The van der Waals surface area contributed by atoms with Crippen LogP contribution in [0.15, 0.2) is 12.1 Å². The van der Waals surface area contributed by atoms with Gasteiger partial charge in [0.15, 0.2) is 17.3 Å². The Bertz CT molecular complexity index is 611. The summed E-state index contributed by atoms with van der Waals surface area (Å²) in [6.45, 7) is 4.54. The van der Waals surface area contributed by atoms with E-state index >= 15 is 0 Å². The molecule has 1 saturated heterocycles. The number of hydrogen-bond acceptors (Lipinski definition) is 6. The quantitative estimate of drug-likeness (QED) is 0.763. The highest BCUT2D eigenvalue weighted by Crippen LogP contribution is 2.38. The van der Waals surface area contributed by atoms with Crippen LogP contribution < -0.4 is 20.5 Å². The van der Waals surface area contributed by atoms with Crippen LogP contribution in [0.2, 0.25) is 0 Å². The van der Waals surface area contributed by atoms with Crippen molar-refractivity contribution in [2.45, 2.75) is 13.0 Å². The van der Waals surface area contributed by atoms with Crippen LogP contribution in [0.3, 0.4) is 0 Å². The number of benzene rings is 1. The molecular weight excluding hydrogens is 286 g/mol. The third-order valence-electron chi connectivity index (χ3n) is 4.00. The molecule has 0 saturated carbocycles. The van der Waals surface area contributed by atoms with Crippen LogP contribution in [0, 0.1) is 0 Å². The van der Waals surface area contributed by atoms with Crippen molar-refractivity contribution in [1.82, 2.24) is 10.2 Å². The number of ether oxygens (including phenoxy) is 2. The molecule has 1 aromatic rings. The van der Waals surface area contributed by atoms with Crippen molar-refractivity contribution in [3.05, 3.63) is 23.3 Å². The number of hydrogen-bond donors (Lipinski definition) is 2. The Morgan fingerprint density at radius 1 is 1.23 bits per heavy atom. The molecule has 0 spiro atoms. The summed E-state index contributed by atoms with van der Waals surface area (Å²) in [6.07, 6.45) is 0. The van der Waals surface area contributed by atoms with Gasteiger partial charge in [0, 0.05) is 31.7 Å². The van der Waals surface area contributed by atoms with Crippen molar-refractivity contribution >= 4 is 11.7 Å². The van der Waals surface area contributed by atoms with E-state index in [9.17, 15) is 9.59 Å². The molecule has 7 heteroatoms. The average Bonchev–Trinajstić information content (AvgIpc) is 2.94. The second kappa shape index (κ2) is 5.94. The number of carbonyl (C=O) groups excluding carboxylic acids is 2.